The van der Waals surface area contributed by atoms with Crippen LogP contribution in [0.4, 0.5) is 0 Å². The zero-order valence-electron chi connectivity index (χ0n) is 14.8. The Bertz CT molecular complexity index is 422. The molecule has 1 aromatic carbocycles. The van der Waals surface area contributed by atoms with E-state index in [-0.39, 0.29) is 84.4 Å². The third-order valence-corrected chi connectivity index (χ3v) is 2.08. The van der Waals surface area contributed by atoms with Crippen LogP contribution in [0.1, 0.15) is 17.1 Å². The van der Waals surface area contributed by atoms with E-state index in [1.807, 2.05) is 6.07 Å². The summed E-state index contributed by atoms with van der Waals surface area (Å²) in [4.78, 5) is 19.9. The van der Waals surface area contributed by atoms with Crippen LogP contribution in [-0.4, -0.2) is 83.1 Å². The molecule has 21 heavy (non-hydrogen) atoms. The molecule has 0 amide bonds. The predicted octanol–water partition coefficient (Wildman–Crippen LogP) is -4.41. The molecule has 10 heteroatoms. The molecule has 0 saturated heterocycles. The molecule has 6 N–H and O–H groups in total. The minimum atomic E-state index is -1.34. The second kappa shape index (κ2) is 15.3. The fraction of sp³-hybridized carbons (Fsp3) is 0.273. The molecule has 0 aliphatic heterocycles. The van der Waals surface area contributed by atoms with Crippen LogP contribution in [0.5, 0.6) is 0 Å². The van der Waals surface area contributed by atoms with Crippen LogP contribution in [0.3, 0.4) is 0 Å². The number of carboxylic acids is 2. The number of carbonyl (C=O) groups is 2. The van der Waals surface area contributed by atoms with Crippen molar-refractivity contribution in [2.45, 2.75) is 18.9 Å². The first kappa shape index (κ1) is 26.3. The van der Waals surface area contributed by atoms with E-state index in [2.05, 4.69) is 0 Å². The van der Waals surface area contributed by atoms with Gasteiger partial charge in [0.05, 0.1) is 0 Å². The fourth-order valence-electron chi connectivity index (χ4n) is 1.03. The van der Waals surface area contributed by atoms with Crippen molar-refractivity contribution in [1.82, 2.24) is 0 Å². The molecule has 0 radical (unpaired) electrons. The fourth-order valence-corrected chi connectivity index (χ4v) is 1.03. The van der Waals surface area contributed by atoms with Crippen LogP contribution in [0.15, 0.2) is 30.3 Å². The molecule has 1 atom stereocenters. The van der Waals surface area contributed by atoms with E-state index in [4.69, 9.17) is 26.0 Å². The molecule has 110 valence electrons. The van der Waals surface area contributed by atoms with Gasteiger partial charge in [-0.2, -0.15) is 0 Å². The Kier molecular flexibility index (Phi) is 19.1. The average molecular weight is 335 g/mol. The Labute approximate surface area is 179 Å². The number of rotatable bonds is 5. The minimum absolute atomic E-state index is 0. The van der Waals surface area contributed by atoms with Gasteiger partial charge in [-0.3, -0.25) is 9.59 Å². The summed E-state index contributed by atoms with van der Waals surface area (Å²) in [5.41, 5.74) is 5.53. The molecule has 7 nitrogen and oxygen atoms in total. The maximum atomic E-state index is 9.99. The molecule has 0 fully saturated rings. The molecule has 0 spiro atoms. The van der Waals surface area contributed by atoms with Crippen molar-refractivity contribution in [1.29, 1.82) is 0 Å². The molecular weight excluding hydrogens is 316 g/mol. The first-order valence-corrected chi connectivity index (χ1v) is 5.46. The van der Waals surface area contributed by atoms with Crippen LogP contribution >= 0.6 is 0 Å². The van der Waals surface area contributed by atoms with Crippen molar-refractivity contribution in [3.63, 3.8) is 0 Å². The van der Waals surface area contributed by atoms with E-state index in [0.29, 0.717) is 5.46 Å². The average Bonchev–Trinajstić information content (AvgIpc) is 2.37. The monoisotopic (exact) mass is 335 g/mol. The van der Waals surface area contributed by atoms with Crippen molar-refractivity contribution >= 4 is 62.3 Å². The Morgan fingerprint density at radius 2 is 1.67 bits per heavy atom. The van der Waals surface area contributed by atoms with Gasteiger partial charge < -0.3 is 30.3 Å². The summed E-state index contributed by atoms with van der Waals surface area (Å²) in [6, 6.07) is 7.60. The van der Waals surface area contributed by atoms with E-state index in [1.54, 1.807) is 24.3 Å². The molecular formula is C11H19BCaNNaO6. The summed E-state index contributed by atoms with van der Waals surface area (Å²) < 4.78 is 0. The van der Waals surface area contributed by atoms with Crippen LogP contribution in [0.2, 0.25) is 0 Å². The predicted molar refractivity (Wildman–Crippen MR) is 77.8 cm³/mol. The first-order chi connectivity index (χ1) is 8.84. The smallest absolute Gasteiger partial charge is 1.00 e. The molecule has 0 unspecified atom stereocenters. The third-order valence-electron chi connectivity index (χ3n) is 2.08. The number of hydrogen-bond acceptors (Lipinski definition) is 5. The topological polar surface area (TPSA) is 141 Å². The molecule has 0 heterocycles. The molecule has 1 rings (SSSR count). The van der Waals surface area contributed by atoms with Crippen molar-refractivity contribution < 1.29 is 63.7 Å². The number of carboxylic acid groups (broad SMARTS) is 2. The zero-order valence-corrected chi connectivity index (χ0v) is 16.1. The van der Waals surface area contributed by atoms with Gasteiger partial charge in [0.2, 0.25) is 0 Å². The molecule has 0 saturated carbocycles. The van der Waals surface area contributed by atoms with Crippen LogP contribution in [0, 0.1) is 0 Å². The number of benzene rings is 1. The molecule has 0 aromatic heterocycles. The van der Waals surface area contributed by atoms with Crippen LogP contribution in [-0.2, 0) is 9.59 Å². The van der Waals surface area contributed by atoms with Crippen molar-refractivity contribution in [3.8, 4) is 0 Å². The van der Waals surface area contributed by atoms with Gasteiger partial charge in [-0.1, -0.05) is 30.3 Å². The van der Waals surface area contributed by atoms with E-state index in [9.17, 15) is 9.59 Å². The molecule has 1 aromatic rings. The summed E-state index contributed by atoms with van der Waals surface area (Å²) in [6.45, 7) is 0. The van der Waals surface area contributed by atoms with E-state index < -0.39 is 25.1 Å². The normalized spacial score (nSPS) is 9.86. The number of nitrogens with two attached hydrogens (primary N) is 1. The van der Waals surface area contributed by atoms with Crippen molar-refractivity contribution in [2.75, 3.05) is 0 Å². The molecule has 0 bridgehead atoms. The van der Waals surface area contributed by atoms with E-state index in [1.165, 1.54) is 0 Å². The van der Waals surface area contributed by atoms with Gasteiger partial charge in [0.15, 0.2) is 0 Å². The Morgan fingerprint density at radius 1 is 1.19 bits per heavy atom. The van der Waals surface area contributed by atoms with Gasteiger partial charge in [0.1, 0.15) is 6.04 Å². The zero-order chi connectivity index (χ0) is 14.8. The van der Waals surface area contributed by atoms with Gasteiger partial charge in [0, 0.05) is 6.42 Å². The van der Waals surface area contributed by atoms with Gasteiger partial charge in [-0.15, -0.1) is 0 Å². The Balaban J connectivity index is -0.0000000559. The van der Waals surface area contributed by atoms with Crippen molar-refractivity contribution in [3.05, 3.63) is 30.3 Å². The van der Waals surface area contributed by atoms with Gasteiger partial charge in [-0.05, 0) is 11.9 Å². The summed E-state index contributed by atoms with van der Waals surface area (Å²) in [7, 11) is -1.34. The summed E-state index contributed by atoms with van der Waals surface area (Å²) >= 11 is 0. The second-order valence-corrected chi connectivity index (χ2v) is 3.66. The van der Waals surface area contributed by atoms with Crippen molar-refractivity contribution in [2.24, 2.45) is 5.73 Å². The van der Waals surface area contributed by atoms with Crippen LogP contribution < -0.4 is 40.8 Å². The molecule has 0 aliphatic rings. The second-order valence-electron chi connectivity index (χ2n) is 3.66. The summed E-state index contributed by atoms with van der Waals surface area (Å²) in [5, 5.41) is 33.4. The third kappa shape index (κ3) is 15.0. The largest absolute Gasteiger partial charge is 2.00 e. The minimum Gasteiger partial charge on any atom is -1.00 e. The SMILES string of the molecule is N[C@@H](CCC(=O)O)C(=O)O.OB(O)c1ccccc1.[Ca+2].[H-].[H-].[H-].[Na+]. The standard InChI is InChI=1S/C6H7BO2.C5H9NO4.Ca.Na.3H/c8-7(9)6-4-2-1-3-5-6;6-3(5(9)10)1-2-4(7)8;;;;;/h1-5,8-9H;3H,1-2,6H2,(H,7,8)(H,9,10);;;;;/q;;+2;+1;3*-1/t;3-;;;;;/m.0...../s1. The van der Waals surface area contributed by atoms with Gasteiger partial charge in [-0.25, -0.2) is 0 Å². The Morgan fingerprint density at radius 3 is 1.95 bits per heavy atom. The van der Waals surface area contributed by atoms with E-state index >= 15 is 0 Å². The number of hydrogen-bond donors (Lipinski definition) is 5. The molecule has 0 aliphatic carbocycles. The number of aliphatic carboxylic acids is 2. The van der Waals surface area contributed by atoms with Crippen LogP contribution in [0.25, 0.3) is 0 Å². The maximum absolute atomic E-state index is 9.99. The van der Waals surface area contributed by atoms with E-state index in [0.717, 1.165) is 0 Å². The maximum Gasteiger partial charge on any atom is 2.00 e. The summed E-state index contributed by atoms with van der Waals surface area (Å²) in [6.07, 6.45) is -0.224. The first-order valence-electron chi connectivity index (χ1n) is 5.46. The van der Waals surface area contributed by atoms with Gasteiger partial charge in [0.25, 0.3) is 0 Å². The summed E-state index contributed by atoms with van der Waals surface area (Å²) in [5.74, 6) is -2.20. The Hall–Kier alpha value is 0.365. The quantitative estimate of drug-likeness (QED) is 0.342. The van der Waals surface area contributed by atoms with Gasteiger partial charge >= 0.3 is 86.4 Å².